The third kappa shape index (κ3) is 3.68. The molecule has 0 unspecified atom stereocenters. The smallest absolute Gasteiger partial charge is 0.239 e. The molecule has 0 aromatic heterocycles. The summed E-state index contributed by atoms with van der Waals surface area (Å²) in [6, 6.07) is 0. The van der Waals surface area contributed by atoms with E-state index in [1.165, 1.54) is 0 Å². The molecule has 0 bridgehead atoms. The predicted octanol–water partition coefficient (Wildman–Crippen LogP) is 0.478. The fourth-order valence-corrected chi connectivity index (χ4v) is 4.07. The summed E-state index contributed by atoms with van der Waals surface area (Å²) in [7, 11) is -3.45. The van der Waals surface area contributed by atoms with E-state index in [4.69, 9.17) is 0 Å². The number of carbonyl (C=O) groups is 1. The summed E-state index contributed by atoms with van der Waals surface area (Å²) >= 11 is 0. The Morgan fingerprint density at radius 1 is 1.22 bits per heavy atom. The van der Waals surface area contributed by atoms with Crippen molar-refractivity contribution in [2.24, 2.45) is 17.8 Å². The van der Waals surface area contributed by atoms with Crippen LogP contribution in [0.1, 0.15) is 32.6 Å². The zero-order chi connectivity index (χ0) is 13.2. The van der Waals surface area contributed by atoms with Crippen LogP contribution in [0.25, 0.3) is 0 Å². The van der Waals surface area contributed by atoms with E-state index in [9.17, 15) is 13.2 Å². The monoisotopic (exact) mass is 274 g/mol. The second-order valence-corrected chi connectivity index (χ2v) is 7.50. The van der Waals surface area contributed by atoms with E-state index in [-0.39, 0.29) is 23.5 Å². The van der Waals surface area contributed by atoms with Gasteiger partial charge in [0.15, 0.2) is 0 Å². The summed E-state index contributed by atoms with van der Waals surface area (Å²) in [4.78, 5) is 11.6. The molecule has 0 atom stereocenters. The summed E-state index contributed by atoms with van der Waals surface area (Å²) in [6.45, 7) is 3.38. The molecule has 2 rings (SSSR count). The molecule has 1 saturated heterocycles. The molecular weight excluding hydrogens is 252 g/mol. The number of nitrogens with one attached hydrogen (secondary N) is 2. The van der Waals surface area contributed by atoms with Crippen LogP contribution in [-0.2, 0) is 14.8 Å². The zero-order valence-electron chi connectivity index (χ0n) is 10.8. The highest BCUT2D eigenvalue weighted by Gasteiger charge is 2.30. The Morgan fingerprint density at radius 3 is 2.33 bits per heavy atom. The van der Waals surface area contributed by atoms with E-state index < -0.39 is 10.0 Å². The minimum atomic E-state index is -3.45. The normalized spacial score (nSPS) is 29.6. The molecule has 2 aliphatic rings. The van der Waals surface area contributed by atoms with Crippen molar-refractivity contribution in [3.8, 4) is 0 Å². The zero-order valence-corrected chi connectivity index (χ0v) is 11.6. The lowest BCUT2D eigenvalue weighted by molar-refractivity contribution is -0.124. The van der Waals surface area contributed by atoms with Crippen LogP contribution in [0, 0.1) is 17.8 Å². The van der Waals surface area contributed by atoms with Gasteiger partial charge in [-0.05, 0) is 24.7 Å². The highest BCUT2D eigenvalue weighted by molar-refractivity contribution is 7.90. The maximum absolute atomic E-state index is 11.9. The summed E-state index contributed by atoms with van der Waals surface area (Å²) in [5.74, 6) is 0.501. The standard InChI is InChI=1S/C12H22N2O3S/c1-9-2-4-10(5-3-9)8-18(16,17)14-12(15)11-6-13-7-11/h9-11,13H,2-8H2,1H3,(H,14,15). The highest BCUT2D eigenvalue weighted by Crippen LogP contribution is 2.28. The lowest BCUT2D eigenvalue weighted by Gasteiger charge is -2.28. The number of carbonyl (C=O) groups excluding carboxylic acids is 1. The largest absolute Gasteiger partial charge is 0.315 e. The van der Waals surface area contributed by atoms with Crippen molar-refractivity contribution >= 4 is 15.9 Å². The minimum absolute atomic E-state index is 0.103. The van der Waals surface area contributed by atoms with E-state index in [1.54, 1.807) is 0 Å². The van der Waals surface area contributed by atoms with Crippen molar-refractivity contribution in [3.63, 3.8) is 0 Å². The van der Waals surface area contributed by atoms with Crippen LogP contribution in [-0.4, -0.2) is 33.2 Å². The topological polar surface area (TPSA) is 75.3 Å². The highest BCUT2D eigenvalue weighted by atomic mass is 32.2. The molecule has 5 nitrogen and oxygen atoms in total. The Balaban J connectivity index is 1.81. The van der Waals surface area contributed by atoms with E-state index in [0.717, 1.165) is 25.7 Å². The summed E-state index contributed by atoms with van der Waals surface area (Å²) in [5.41, 5.74) is 0. The average Bonchev–Trinajstić information content (AvgIpc) is 2.17. The lowest BCUT2D eigenvalue weighted by atomic mass is 9.84. The Kier molecular flexibility index (Phi) is 4.27. The van der Waals surface area contributed by atoms with Gasteiger partial charge in [0, 0.05) is 13.1 Å². The van der Waals surface area contributed by atoms with Crippen LogP contribution >= 0.6 is 0 Å². The summed E-state index contributed by atoms with van der Waals surface area (Å²) in [6.07, 6.45) is 4.11. The summed E-state index contributed by atoms with van der Waals surface area (Å²) < 4.78 is 26.0. The van der Waals surface area contributed by atoms with E-state index in [0.29, 0.717) is 19.0 Å². The predicted molar refractivity (Wildman–Crippen MR) is 69.4 cm³/mol. The molecule has 6 heteroatoms. The molecule has 1 saturated carbocycles. The van der Waals surface area contributed by atoms with Crippen molar-refractivity contribution in [3.05, 3.63) is 0 Å². The molecule has 0 radical (unpaired) electrons. The number of sulfonamides is 1. The van der Waals surface area contributed by atoms with Crippen LogP contribution in [0.15, 0.2) is 0 Å². The van der Waals surface area contributed by atoms with E-state index in [2.05, 4.69) is 17.0 Å². The molecule has 104 valence electrons. The first kappa shape index (κ1) is 13.8. The van der Waals surface area contributed by atoms with Gasteiger partial charge in [0.2, 0.25) is 15.9 Å². The average molecular weight is 274 g/mol. The Labute approximate surface area is 109 Å². The van der Waals surface area contributed by atoms with Crippen LogP contribution in [0.2, 0.25) is 0 Å². The lowest BCUT2D eigenvalue weighted by Crippen LogP contribution is -2.52. The molecule has 2 fully saturated rings. The van der Waals surface area contributed by atoms with Crippen molar-refractivity contribution in [1.82, 2.24) is 10.0 Å². The number of hydrogen-bond acceptors (Lipinski definition) is 4. The van der Waals surface area contributed by atoms with E-state index >= 15 is 0 Å². The van der Waals surface area contributed by atoms with Gasteiger partial charge in [0.25, 0.3) is 0 Å². The summed E-state index contributed by atoms with van der Waals surface area (Å²) in [5, 5.41) is 2.96. The Morgan fingerprint density at radius 2 is 1.83 bits per heavy atom. The first-order valence-corrected chi connectivity index (χ1v) is 8.36. The van der Waals surface area contributed by atoms with Gasteiger partial charge in [-0.15, -0.1) is 0 Å². The number of rotatable bonds is 4. The van der Waals surface area contributed by atoms with Crippen molar-refractivity contribution < 1.29 is 13.2 Å². The van der Waals surface area contributed by atoms with E-state index in [1.807, 2.05) is 0 Å². The van der Waals surface area contributed by atoms with Gasteiger partial charge in [-0.1, -0.05) is 19.8 Å². The van der Waals surface area contributed by atoms with Crippen LogP contribution in [0.4, 0.5) is 0 Å². The van der Waals surface area contributed by atoms with Crippen molar-refractivity contribution in [2.45, 2.75) is 32.6 Å². The maximum Gasteiger partial charge on any atom is 0.239 e. The second-order valence-electron chi connectivity index (χ2n) is 5.73. The van der Waals surface area contributed by atoms with Gasteiger partial charge in [0.05, 0.1) is 11.7 Å². The SMILES string of the molecule is CC1CCC(CS(=O)(=O)NC(=O)C2CNC2)CC1. The maximum atomic E-state index is 11.9. The first-order chi connectivity index (χ1) is 8.46. The van der Waals surface area contributed by atoms with Gasteiger partial charge in [0.1, 0.15) is 0 Å². The van der Waals surface area contributed by atoms with Crippen LogP contribution < -0.4 is 10.0 Å². The molecule has 1 aliphatic carbocycles. The molecule has 0 spiro atoms. The van der Waals surface area contributed by atoms with Gasteiger partial charge >= 0.3 is 0 Å². The van der Waals surface area contributed by atoms with Gasteiger partial charge in [-0.2, -0.15) is 0 Å². The number of amides is 1. The van der Waals surface area contributed by atoms with Crippen molar-refractivity contribution in [2.75, 3.05) is 18.8 Å². The Hall–Kier alpha value is -0.620. The third-order valence-electron chi connectivity index (χ3n) is 4.00. The molecule has 1 aliphatic heterocycles. The quantitative estimate of drug-likeness (QED) is 0.782. The van der Waals surface area contributed by atoms with Gasteiger partial charge < -0.3 is 5.32 Å². The van der Waals surface area contributed by atoms with Gasteiger partial charge in [-0.25, -0.2) is 8.42 Å². The fraction of sp³-hybridized carbons (Fsp3) is 0.917. The van der Waals surface area contributed by atoms with Crippen molar-refractivity contribution in [1.29, 1.82) is 0 Å². The van der Waals surface area contributed by atoms with Crippen LogP contribution in [0.5, 0.6) is 0 Å². The molecule has 0 aromatic rings. The van der Waals surface area contributed by atoms with Gasteiger partial charge in [-0.3, -0.25) is 9.52 Å². The second kappa shape index (κ2) is 5.57. The third-order valence-corrected chi connectivity index (χ3v) is 5.42. The molecule has 2 N–H and O–H groups in total. The fourth-order valence-electron chi connectivity index (χ4n) is 2.56. The molecule has 18 heavy (non-hydrogen) atoms. The molecule has 1 heterocycles. The van der Waals surface area contributed by atoms with Crippen LogP contribution in [0.3, 0.4) is 0 Å². The first-order valence-electron chi connectivity index (χ1n) is 6.71. The Bertz CT molecular complexity index is 396. The molecule has 0 aromatic carbocycles. The molecular formula is C12H22N2O3S. The number of hydrogen-bond donors (Lipinski definition) is 2. The minimum Gasteiger partial charge on any atom is -0.315 e. The molecule has 1 amide bonds.